The van der Waals surface area contributed by atoms with Gasteiger partial charge in [-0.25, -0.2) is 0 Å². The van der Waals surface area contributed by atoms with Crippen LogP contribution in [0.25, 0.3) is 0 Å². The van der Waals surface area contributed by atoms with Crippen LogP contribution in [0.2, 0.25) is 0 Å². The zero-order valence-electron chi connectivity index (χ0n) is 15.2. The fourth-order valence-electron chi connectivity index (χ4n) is 3.48. The van der Waals surface area contributed by atoms with Crippen LogP contribution >= 0.6 is 15.9 Å². The zero-order valence-corrected chi connectivity index (χ0v) is 16.8. The number of hydrogen-bond donors (Lipinski definition) is 1. The number of rotatable bonds is 4. The molecule has 4 heteroatoms. The van der Waals surface area contributed by atoms with Gasteiger partial charge in [-0.05, 0) is 66.4 Å². The van der Waals surface area contributed by atoms with Crippen molar-refractivity contribution in [3.05, 3.63) is 93.5 Å². The second-order valence-corrected chi connectivity index (χ2v) is 7.77. The van der Waals surface area contributed by atoms with Crippen LogP contribution in [0, 0.1) is 6.92 Å². The molecule has 0 bridgehead atoms. The van der Waals surface area contributed by atoms with Crippen molar-refractivity contribution in [3.63, 3.8) is 0 Å². The molecular weight excluding hydrogens is 400 g/mol. The van der Waals surface area contributed by atoms with Crippen LogP contribution in [0.3, 0.4) is 0 Å². The van der Waals surface area contributed by atoms with E-state index in [4.69, 9.17) is 0 Å². The Morgan fingerprint density at radius 2 is 1.85 bits per heavy atom. The number of benzene rings is 3. The van der Waals surface area contributed by atoms with E-state index >= 15 is 0 Å². The highest BCUT2D eigenvalue weighted by Gasteiger charge is 2.18. The van der Waals surface area contributed by atoms with Crippen LogP contribution in [0.1, 0.15) is 27.0 Å². The minimum absolute atomic E-state index is 0.0882. The first-order valence-electron chi connectivity index (χ1n) is 9.09. The molecule has 4 rings (SSSR count). The molecule has 1 N–H and O–H groups in total. The third-order valence-corrected chi connectivity index (χ3v) is 5.88. The number of halogens is 1. The molecule has 0 radical (unpaired) electrons. The number of amides is 1. The Bertz CT molecular complexity index is 982. The summed E-state index contributed by atoms with van der Waals surface area (Å²) in [5.41, 5.74) is 6.51. The molecule has 136 valence electrons. The van der Waals surface area contributed by atoms with Gasteiger partial charge < -0.3 is 10.2 Å². The van der Waals surface area contributed by atoms with Crippen LogP contribution in [0.15, 0.2) is 71.2 Å². The Hall–Kier alpha value is -2.59. The fraction of sp³-hybridized carbons (Fsp3) is 0.174. The lowest BCUT2D eigenvalue weighted by Gasteiger charge is -2.19. The van der Waals surface area contributed by atoms with Gasteiger partial charge in [0, 0.05) is 34.5 Å². The first-order valence-corrected chi connectivity index (χ1v) is 9.89. The number of nitrogens with one attached hydrogen (secondary N) is 1. The van der Waals surface area contributed by atoms with Gasteiger partial charge in [0.2, 0.25) is 0 Å². The number of anilines is 2. The smallest absolute Gasteiger partial charge is 0.255 e. The highest BCUT2D eigenvalue weighted by molar-refractivity contribution is 9.10. The quantitative estimate of drug-likeness (QED) is 0.597. The maximum atomic E-state index is 12.5. The number of nitrogens with zero attached hydrogens (tertiary/aromatic N) is 1. The van der Waals surface area contributed by atoms with Gasteiger partial charge in [-0.15, -0.1) is 0 Å². The summed E-state index contributed by atoms with van der Waals surface area (Å²) in [7, 11) is 0. The third kappa shape index (κ3) is 3.91. The summed E-state index contributed by atoms with van der Waals surface area (Å²) >= 11 is 3.48. The molecule has 0 fully saturated rings. The Kier molecular flexibility index (Phi) is 4.99. The monoisotopic (exact) mass is 420 g/mol. The molecular formula is C23H21BrN2O. The molecule has 1 aliphatic heterocycles. The number of hydrogen-bond acceptors (Lipinski definition) is 2. The molecule has 0 spiro atoms. The van der Waals surface area contributed by atoms with Gasteiger partial charge in [0.25, 0.3) is 5.91 Å². The minimum atomic E-state index is -0.0882. The maximum absolute atomic E-state index is 12.5. The summed E-state index contributed by atoms with van der Waals surface area (Å²) in [6.07, 6.45) is 1.10. The second-order valence-electron chi connectivity index (χ2n) is 6.92. The van der Waals surface area contributed by atoms with Crippen LogP contribution in [0.4, 0.5) is 11.4 Å². The number of para-hydroxylation sites is 1. The molecule has 3 aromatic rings. The molecule has 1 amide bonds. The number of carbonyl (C=O) groups is 1. The molecule has 3 nitrogen and oxygen atoms in total. The maximum Gasteiger partial charge on any atom is 0.255 e. The Labute approximate surface area is 168 Å². The average Bonchev–Trinajstić information content (AvgIpc) is 3.08. The highest BCUT2D eigenvalue weighted by Crippen LogP contribution is 2.29. The van der Waals surface area contributed by atoms with Gasteiger partial charge in [-0.2, -0.15) is 0 Å². The van der Waals surface area contributed by atoms with Gasteiger partial charge >= 0.3 is 0 Å². The molecule has 1 heterocycles. The van der Waals surface area contributed by atoms with Crippen LogP contribution in [-0.4, -0.2) is 12.5 Å². The Morgan fingerprint density at radius 3 is 2.63 bits per heavy atom. The number of aryl methyl sites for hydroxylation is 1. The van der Waals surface area contributed by atoms with E-state index in [1.54, 1.807) is 0 Å². The SMILES string of the molecule is Cc1cc(NC(=O)c2ccc(CN3CCc4ccccc43)cc2)ccc1Br. The van der Waals surface area contributed by atoms with E-state index in [2.05, 4.69) is 50.4 Å². The topological polar surface area (TPSA) is 32.3 Å². The van der Waals surface area contributed by atoms with E-state index in [9.17, 15) is 4.79 Å². The van der Waals surface area contributed by atoms with Gasteiger partial charge in [0.1, 0.15) is 0 Å². The summed E-state index contributed by atoms with van der Waals surface area (Å²) in [6.45, 7) is 3.92. The van der Waals surface area contributed by atoms with E-state index in [-0.39, 0.29) is 5.91 Å². The molecule has 0 atom stereocenters. The standard InChI is InChI=1S/C23H21BrN2O/c1-16-14-20(10-11-21(16)24)25-23(27)19-8-6-17(7-9-19)15-26-13-12-18-4-2-3-5-22(18)26/h2-11,14H,12-13,15H2,1H3,(H,25,27). The van der Waals surface area contributed by atoms with Crippen molar-refractivity contribution in [3.8, 4) is 0 Å². The molecule has 27 heavy (non-hydrogen) atoms. The lowest BCUT2D eigenvalue weighted by atomic mass is 10.1. The third-order valence-electron chi connectivity index (χ3n) is 4.99. The predicted molar refractivity (Wildman–Crippen MR) is 114 cm³/mol. The van der Waals surface area contributed by atoms with Crippen molar-refractivity contribution >= 4 is 33.2 Å². The van der Waals surface area contributed by atoms with E-state index in [1.807, 2.05) is 49.4 Å². The van der Waals surface area contributed by atoms with Crippen molar-refractivity contribution in [2.75, 3.05) is 16.8 Å². The largest absolute Gasteiger partial charge is 0.367 e. The van der Waals surface area contributed by atoms with Gasteiger partial charge in [-0.1, -0.05) is 46.3 Å². The molecule has 0 aliphatic carbocycles. The molecule has 0 aromatic heterocycles. The summed E-state index contributed by atoms with van der Waals surface area (Å²) < 4.78 is 1.04. The van der Waals surface area contributed by atoms with Crippen molar-refractivity contribution in [1.82, 2.24) is 0 Å². The van der Waals surface area contributed by atoms with Crippen molar-refractivity contribution in [2.24, 2.45) is 0 Å². The molecule has 0 saturated carbocycles. The lowest BCUT2D eigenvalue weighted by Crippen LogP contribution is -2.19. The highest BCUT2D eigenvalue weighted by atomic mass is 79.9. The lowest BCUT2D eigenvalue weighted by molar-refractivity contribution is 0.102. The first-order chi connectivity index (χ1) is 13.1. The zero-order chi connectivity index (χ0) is 18.8. The van der Waals surface area contributed by atoms with E-state index in [0.717, 1.165) is 35.2 Å². The Balaban J connectivity index is 1.43. The number of fused-ring (bicyclic) bond motifs is 1. The molecule has 1 aliphatic rings. The van der Waals surface area contributed by atoms with Gasteiger partial charge in [0.15, 0.2) is 0 Å². The first kappa shape index (κ1) is 17.8. The van der Waals surface area contributed by atoms with Gasteiger partial charge in [-0.3, -0.25) is 4.79 Å². The van der Waals surface area contributed by atoms with Crippen LogP contribution in [0.5, 0.6) is 0 Å². The minimum Gasteiger partial charge on any atom is -0.367 e. The predicted octanol–water partition coefficient (Wildman–Crippen LogP) is 5.57. The summed E-state index contributed by atoms with van der Waals surface area (Å²) in [5.74, 6) is -0.0882. The van der Waals surface area contributed by atoms with Gasteiger partial charge in [0.05, 0.1) is 0 Å². The van der Waals surface area contributed by atoms with Crippen molar-refractivity contribution in [2.45, 2.75) is 19.9 Å². The molecule has 3 aromatic carbocycles. The van der Waals surface area contributed by atoms with Crippen LogP contribution < -0.4 is 10.2 Å². The summed E-state index contributed by atoms with van der Waals surface area (Å²) in [4.78, 5) is 14.9. The van der Waals surface area contributed by atoms with Crippen molar-refractivity contribution in [1.29, 1.82) is 0 Å². The molecule has 0 saturated heterocycles. The summed E-state index contributed by atoms with van der Waals surface area (Å²) in [5, 5.41) is 2.96. The fourth-order valence-corrected chi connectivity index (χ4v) is 3.73. The van der Waals surface area contributed by atoms with E-state index < -0.39 is 0 Å². The Morgan fingerprint density at radius 1 is 1.07 bits per heavy atom. The number of carbonyl (C=O) groups excluding carboxylic acids is 1. The molecule has 0 unspecified atom stereocenters. The van der Waals surface area contributed by atoms with E-state index in [1.165, 1.54) is 16.8 Å². The van der Waals surface area contributed by atoms with Crippen molar-refractivity contribution < 1.29 is 4.79 Å². The average molecular weight is 421 g/mol. The second kappa shape index (κ2) is 7.57. The summed E-state index contributed by atoms with van der Waals surface area (Å²) in [6, 6.07) is 22.3. The van der Waals surface area contributed by atoms with Crippen LogP contribution in [-0.2, 0) is 13.0 Å². The normalized spacial score (nSPS) is 12.7. The van der Waals surface area contributed by atoms with E-state index in [0.29, 0.717) is 5.56 Å².